The van der Waals surface area contributed by atoms with Crippen LogP contribution in [0.4, 0.5) is 34.1 Å². The van der Waals surface area contributed by atoms with Gasteiger partial charge in [0.05, 0.1) is 27.9 Å². The van der Waals surface area contributed by atoms with Crippen LogP contribution in [-0.2, 0) is 5.41 Å². The molecule has 0 bridgehead atoms. The molecule has 11 aromatic rings. The molecule has 13 rings (SSSR count). The molecule has 1 unspecified atom stereocenters. The molecule has 0 N–H and O–H groups in total. The van der Waals surface area contributed by atoms with Crippen molar-refractivity contribution in [1.29, 1.82) is 0 Å². The van der Waals surface area contributed by atoms with Crippen LogP contribution in [0.5, 0.6) is 0 Å². The van der Waals surface area contributed by atoms with Crippen molar-refractivity contribution in [3.63, 3.8) is 0 Å². The molecule has 1 aromatic heterocycles. The van der Waals surface area contributed by atoms with Gasteiger partial charge in [-0.25, -0.2) is 0 Å². The van der Waals surface area contributed by atoms with E-state index in [1.807, 2.05) is 6.07 Å². The molecule has 290 valence electrons. The fourth-order valence-electron chi connectivity index (χ4n) is 10.9. The van der Waals surface area contributed by atoms with Crippen LogP contribution in [0.25, 0.3) is 55.0 Å². The van der Waals surface area contributed by atoms with Gasteiger partial charge in [-0.05, 0) is 111 Å². The number of rotatable bonds is 6. The molecule has 3 nitrogen and oxygen atoms in total. The Hall–Kier alpha value is -8.14. The first-order valence-electron chi connectivity index (χ1n) is 21.4. The second kappa shape index (κ2) is 13.4. The van der Waals surface area contributed by atoms with Crippen LogP contribution in [0.2, 0.25) is 0 Å². The Kier molecular flexibility index (Phi) is 7.52. The van der Waals surface area contributed by atoms with Crippen LogP contribution in [0.1, 0.15) is 22.3 Å². The second-order valence-corrected chi connectivity index (χ2v) is 16.3. The zero-order valence-corrected chi connectivity index (χ0v) is 33.7. The van der Waals surface area contributed by atoms with Crippen molar-refractivity contribution in [2.75, 3.05) is 9.80 Å². The number of furan rings is 1. The summed E-state index contributed by atoms with van der Waals surface area (Å²) in [7, 11) is 0. The van der Waals surface area contributed by atoms with Gasteiger partial charge in [-0.3, -0.25) is 0 Å². The smallest absolute Gasteiger partial charge is 0.137 e. The first-order chi connectivity index (χ1) is 30.8. The van der Waals surface area contributed by atoms with E-state index in [4.69, 9.17) is 4.42 Å². The average Bonchev–Trinajstić information content (AvgIpc) is 3.98. The van der Waals surface area contributed by atoms with Crippen molar-refractivity contribution < 1.29 is 4.42 Å². The maximum atomic E-state index is 6.55. The molecule has 0 radical (unpaired) electrons. The lowest BCUT2D eigenvalue weighted by molar-refractivity contribution is 0.669. The SMILES string of the molecule is c1ccc(N(c2ccccc2)c2cccc3c2-c2ccccc2C32c3ccccc3-c3c(N(c4ccccc4)c4cccc5oc6ccccc6c45)cc4ccccc4c32)cc1. The Bertz CT molecular complexity index is 3500. The predicted octanol–water partition coefficient (Wildman–Crippen LogP) is 16.0. The number of benzene rings is 10. The summed E-state index contributed by atoms with van der Waals surface area (Å²) in [4.78, 5) is 4.91. The van der Waals surface area contributed by atoms with Crippen molar-refractivity contribution >= 4 is 66.8 Å². The van der Waals surface area contributed by atoms with Gasteiger partial charge in [0.15, 0.2) is 0 Å². The Balaban J connectivity index is 1.18. The van der Waals surface area contributed by atoms with E-state index in [1.54, 1.807) is 0 Å². The third kappa shape index (κ3) is 4.76. The van der Waals surface area contributed by atoms with E-state index in [9.17, 15) is 0 Å². The van der Waals surface area contributed by atoms with Gasteiger partial charge < -0.3 is 14.2 Å². The van der Waals surface area contributed by atoms with Gasteiger partial charge in [-0.1, -0.05) is 164 Å². The minimum Gasteiger partial charge on any atom is -0.456 e. The maximum Gasteiger partial charge on any atom is 0.137 e. The molecule has 0 amide bonds. The van der Waals surface area contributed by atoms with Crippen molar-refractivity contribution in [3.05, 3.63) is 253 Å². The number of fused-ring (bicyclic) bond motifs is 15. The highest BCUT2D eigenvalue weighted by atomic mass is 16.3. The summed E-state index contributed by atoms with van der Waals surface area (Å²) in [6.45, 7) is 0. The quantitative estimate of drug-likeness (QED) is 0.167. The van der Waals surface area contributed by atoms with Gasteiger partial charge in [0, 0.05) is 33.6 Å². The van der Waals surface area contributed by atoms with E-state index in [-0.39, 0.29) is 0 Å². The molecule has 0 fully saturated rings. The molecule has 0 aliphatic heterocycles. The lowest BCUT2D eigenvalue weighted by atomic mass is 9.69. The van der Waals surface area contributed by atoms with Gasteiger partial charge in [0.2, 0.25) is 0 Å². The highest BCUT2D eigenvalue weighted by Crippen LogP contribution is 2.67. The summed E-state index contributed by atoms with van der Waals surface area (Å²) in [6, 6.07) is 84.0. The standard InChI is InChI=1S/C59H38N2O/c1-4-21-40(22-5-1)60(41-23-6-2-7-24-41)50-34-18-33-49-55(50)44-28-12-15-31-47(44)59(49)48-32-16-13-29-45(48)57-52(38-39-20-10-11-27-43(39)58(57)59)61(42-25-8-3-9-26-42)51-35-19-37-54-56(51)46-30-14-17-36-53(46)62-54/h1-38H. The minimum absolute atomic E-state index is 0.626. The summed E-state index contributed by atoms with van der Waals surface area (Å²) in [5.74, 6) is 0. The predicted molar refractivity (Wildman–Crippen MR) is 257 cm³/mol. The first kappa shape index (κ1) is 34.7. The summed E-state index contributed by atoms with van der Waals surface area (Å²) in [5.41, 5.74) is 18.0. The van der Waals surface area contributed by atoms with E-state index in [0.717, 1.165) is 56.1 Å². The van der Waals surface area contributed by atoms with Gasteiger partial charge in [-0.2, -0.15) is 0 Å². The number of hydrogen-bond donors (Lipinski definition) is 0. The molecule has 1 atom stereocenters. The van der Waals surface area contributed by atoms with Crippen molar-refractivity contribution in [2.45, 2.75) is 5.41 Å². The molecule has 10 aromatic carbocycles. The molecule has 2 aliphatic rings. The van der Waals surface area contributed by atoms with Crippen LogP contribution >= 0.6 is 0 Å². The first-order valence-corrected chi connectivity index (χ1v) is 21.4. The summed E-state index contributed by atoms with van der Waals surface area (Å²) in [6.07, 6.45) is 0. The third-order valence-corrected chi connectivity index (χ3v) is 13.2. The molecule has 0 saturated heterocycles. The third-order valence-electron chi connectivity index (χ3n) is 13.2. The van der Waals surface area contributed by atoms with E-state index >= 15 is 0 Å². The second-order valence-electron chi connectivity index (χ2n) is 16.3. The molecular formula is C59H38N2O. The van der Waals surface area contributed by atoms with E-state index in [1.165, 1.54) is 55.3 Å². The van der Waals surface area contributed by atoms with Crippen molar-refractivity contribution in [1.82, 2.24) is 0 Å². The van der Waals surface area contributed by atoms with Gasteiger partial charge in [-0.15, -0.1) is 0 Å². The van der Waals surface area contributed by atoms with E-state index in [2.05, 4.69) is 234 Å². The topological polar surface area (TPSA) is 19.6 Å². The fraction of sp³-hybridized carbons (Fsp3) is 0.0169. The summed E-state index contributed by atoms with van der Waals surface area (Å²) < 4.78 is 6.55. The lowest BCUT2D eigenvalue weighted by Crippen LogP contribution is -2.26. The van der Waals surface area contributed by atoms with Crippen LogP contribution in [0.15, 0.2) is 235 Å². The van der Waals surface area contributed by atoms with Crippen LogP contribution in [0, 0.1) is 0 Å². The largest absolute Gasteiger partial charge is 0.456 e. The molecule has 0 saturated carbocycles. The number of hydrogen-bond acceptors (Lipinski definition) is 3. The zero-order chi connectivity index (χ0) is 40.8. The molecule has 62 heavy (non-hydrogen) atoms. The van der Waals surface area contributed by atoms with Crippen molar-refractivity contribution in [2.24, 2.45) is 0 Å². The summed E-state index contributed by atoms with van der Waals surface area (Å²) >= 11 is 0. The van der Waals surface area contributed by atoms with Crippen LogP contribution < -0.4 is 9.80 Å². The van der Waals surface area contributed by atoms with Gasteiger partial charge in [0.1, 0.15) is 11.2 Å². The molecule has 1 spiro atoms. The molecule has 2 aliphatic carbocycles. The van der Waals surface area contributed by atoms with Gasteiger partial charge >= 0.3 is 0 Å². The highest BCUT2D eigenvalue weighted by Gasteiger charge is 2.54. The monoisotopic (exact) mass is 790 g/mol. The van der Waals surface area contributed by atoms with Crippen molar-refractivity contribution in [3.8, 4) is 22.3 Å². The van der Waals surface area contributed by atoms with Crippen LogP contribution in [0.3, 0.4) is 0 Å². The number of para-hydroxylation sites is 4. The Morgan fingerprint density at radius 1 is 0.339 bits per heavy atom. The van der Waals surface area contributed by atoms with E-state index in [0.29, 0.717) is 0 Å². The molecular weight excluding hydrogens is 753 g/mol. The van der Waals surface area contributed by atoms with Crippen LogP contribution in [-0.4, -0.2) is 0 Å². The number of nitrogens with zero attached hydrogens (tertiary/aromatic N) is 2. The zero-order valence-electron chi connectivity index (χ0n) is 33.7. The Morgan fingerprint density at radius 3 is 1.53 bits per heavy atom. The fourth-order valence-corrected chi connectivity index (χ4v) is 10.9. The van der Waals surface area contributed by atoms with Gasteiger partial charge in [0.25, 0.3) is 0 Å². The normalized spacial score (nSPS) is 14.5. The molecule has 1 heterocycles. The lowest BCUT2D eigenvalue weighted by Gasteiger charge is -2.34. The molecule has 3 heteroatoms. The minimum atomic E-state index is -0.626. The Morgan fingerprint density at radius 2 is 0.839 bits per heavy atom. The average molecular weight is 791 g/mol. The highest BCUT2D eigenvalue weighted by molar-refractivity contribution is 6.16. The van der Waals surface area contributed by atoms with E-state index < -0.39 is 5.41 Å². The number of anilines is 6. The maximum absolute atomic E-state index is 6.55. The summed E-state index contributed by atoms with van der Waals surface area (Å²) in [5, 5.41) is 4.63. The Labute approximate surface area is 360 Å².